The molecule has 0 spiro atoms. The molecular weight excluding hydrogens is 264 g/mol. The molecule has 0 bridgehead atoms. The second-order valence-electron chi connectivity index (χ2n) is 5.78. The van der Waals surface area contributed by atoms with E-state index < -0.39 is 0 Å². The largest absolute Gasteiger partial charge is 0.465 e. The Labute approximate surface area is 125 Å². The second kappa shape index (κ2) is 5.51. The van der Waals surface area contributed by atoms with Crippen LogP contribution < -0.4 is 0 Å². The topological polar surface area (TPSA) is 44.1 Å². The molecule has 4 heteroatoms. The van der Waals surface area contributed by atoms with Gasteiger partial charge >= 0.3 is 5.97 Å². The number of esters is 1. The first-order valence-electron chi connectivity index (χ1n) is 7.80. The van der Waals surface area contributed by atoms with E-state index in [-0.39, 0.29) is 11.9 Å². The summed E-state index contributed by atoms with van der Waals surface area (Å²) in [6, 6.07) is 6.82. The lowest BCUT2D eigenvalue weighted by Crippen LogP contribution is -2.19. The van der Waals surface area contributed by atoms with Crippen LogP contribution in [0.3, 0.4) is 0 Å². The molecule has 1 aromatic heterocycles. The molecule has 1 aliphatic rings. The molecule has 1 aromatic carbocycles. The van der Waals surface area contributed by atoms with Gasteiger partial charge in [-0.3, -0.25) is 4.79 Å². The third-order valence-corrected chi connectivity index (χ3v) is 4.08. The van der Waals surface area contributed by atoms with E-state index in [1.54, 1.807) is 0 Å². The van der Waals surface area contributed by atoms with Crippen molar-refractivity contribution in [2.24, 2.45) is 0 Å². The smallest absolute Gasteiger partial charge is 0.316 e. The minimum atomic E-state index is -0.266. The number of imidazole rings is 1. The highest BCUT2D eigenvalue weighted by Gasteiger charge is 2.33. The van der Waals surface area contributed by atoms with Crippen LogP contribution in [0.2, 0.25) is 0 Å². The normalized spacial score (nSPS) is 16.1. The van der Waals surface area contributed by atoms with E-state index in [2.05, 4.69) is 29.7 Å². The Morgan fingerprint density at radius 2 is 2.19 bits per heavy atom. The van der Waals surface area contributed by atoms with Gasteiger partial charge in [-0.05, 0) is 50.8 Å². The van der Waals surface area contributed by atoms with E-state index >= 15 is 0 Å². The molecular formula is C17H22N2O2. The molecule has 3 rings (SSSR count). The molecule has 0 radical (unpaired) electrons. The van der Waals surface area contributed by atoms with Crippen LogP contribution in [0, 0.1) is 6.92 Å². The maximum Gasteiger partial charge on any atom is 0.316 e. The summed E-state index contributed by atoms with van der Waals surface area (Å²) in [6.07, 6.45) is 3.06. The van der Waals surface area contributed by atoms with E-state index in [1.165, 1.54) is 18.4 Å². The highest BCUT2D eigenvalue weighted by atomic mass is 16.5. The predicted octanol–water partition coefficient (Wildman–Crippen LogP) is 3.74. The number of aromatic nitrogens is 2. The molecule has 0 N–H and O–H groups in total. The molecule has 0 amide bonds. The number of rotatable bonds is 5. The number of benzene rings is 1. The van der Waals surface area contributed by atoms with Crippen molar-refractivity contribution < 1.29 is 9.53 Å². The van der Waals surface area contributed by atoms with Crippen LogP contribution in [0.25, 0.3) is 11.0 Å². The van der Waals surface area contributed by atoms with Gasteiger partial charge in [0.1, 0.15) is 11.7 Å². The number of hydrogen-bond acceptors (Lipinski definition) is 3. The molecule has 1 saturated carbocycles. The van der Waals surface area contributed by atoms with Gasteiger partial charge in [0.25, 0.3) is 0 Å². The summed E-state index contributed by atoms with van der Waals surface area (Å²) in [5.41, 5.74) is 3.32. The van der Waals surface area contributed by atoms with Gasteiger partial charge in [0.05, 0.1) is 17.6 Å². The quantitative estimate of drug-likeness (QED) is 0.786. The first-order valence-corrected chi connectivity index (χ1v) is 7.80. The fourth-order valence-electron chi connectivity index (χ4n) is 2.89. The van der Waals surface area contributed by atoms with Crippen molar-refractivity contribution in [1.29, 1.82) is 0 Å². The fraction of sp³-hybridized carbons (Fsp3) is 0.529. The van der Waals surface area contributed by atoms with Crippen molar-refractivity contribution in [2.75, 3.05) is 6.61 Å². The summed E-state index contributed by atoms with van der Waals surface area (Å²) in [5.74, 6) is 0.450. The van der Waals surface area contributed by atoms with Crippen molar-refractivity contribution in [3.8, 4) is 0 Å². The van der Waals surface area contributed by atoms with Gasteiger partial charge in [0, 0.05) is 6.04 Å². The fourth-order valence-corrected chi connectivity index (χ4v) is 2.89. The van der Waals surface area contributed by atoms with E-state index in [1.807, 2.05) is 13.8 Å². The number of nitrogens with zero attached hydrogens (tertiary/aromatic N) is 2. The summed E-state index contributed by atoms with van der Waals surface area (Å²) in [6.45, 7) is 6.34. The maximum atomic E-state index is 12.2. The lowest BCUT2D eigenvalue weighted by molar-refractivity contribution is -0.145. The number of carbonyl (C=O) groups is 1. The van der Waals surface area contributed by atoms with E-state index in [4.69, 9.17) is 9.72 Å². The molecule has 1 fully saturated rings. The SMILES string of the molecule is CCOC(=O)C(CC)c1nc2cc(C)ccc2n1C1CC1. The van der Waals surface area contributed by atoms with Crippen molar-refractivity contribution in [3.05, 3.63) is 29.6 Å². The van der Waals surface area contributed by atoms with Crippen molar-refractivity contribution in [1.82, 2.24) is 9.55 Å². The molecule has 1 atom stereocenters. The monoisotopic (exact) mass is 286 g/mol. The van der Waals surface area contributed by atoms with Gasteiger partial charge in [0.15, 0.2) is 0 Å². The lowest BCUT2D eigenvalue weighted by atomic mass is 10.1. The minimum Gasteiger partial charge on any atom is -0.465 e. The van der Waals surface area contributed by atoms with Crippen LogP contribution in [0.4, 0.5) is 0 Å². The maximum absolute atomic E-state index is 12.2. The molecule has 4 nitrogen and oxygen atoms in total. The molecule has 1 heterocycles. The Morgan fingerprint density at radius 1 is 1.43 bits per heavy atom. The van der Waals surface area contributed by atoms with Crippen LogP contribution >= 0.6 is 0 Å². The Hall–Kier alpha value is -1.84. The summed E-state index contributed by atoms with van der Waals surface area (Å²) in [5, 5.41) is 0. The first kappa shape index (κ1) is 14.1. The predicted molar refractivity (Wildman–Crippen MR) is 82.4 cm³/mol. The summed E-state index contributed by atoms with van der Waals surface area (Å²) in [7, 11) is 0. The number of aryl methyl sites for hydroxylation is 1. The van der Waals surface area contributed by atoms with Gasteiger partial charge in [-0.1, -0.05) is 13.0 Å². The molecule has 21 heavy (non-hydrogen) atoms. The number of fused-ring (bicyclic) bond motifs is 1. The minimum absolute atomic E-state index is 0.158. The van der Waals surface area contributed by atoms with Crippen molar-refractivity contribution in [3.63, 3.8) is 0 Å². The number of hydrogen-bond donors (Lipinski definition) is 0. The second-order valence-corrected chi connectivity index (χ2v) is 5.78. The highest BCUT2D eigenvalue weighted by molar-refractivity contribution is 5.82. The van der Waals surface area contributed by atoms with E-state index in [9.17, 15) is 4.79 Å². The third kappa shape index (κ3) is 2.55. The van der Waals surface area contributed by atoms with E-state index in [0.29, 0.717) is 19.1 Å². The van der Waals surface area contributed by atoms with Gasteiger partial charge in [-0.25, -0.2) is 4.98 Å². The van der Waals surface area contributed by atoms with Gasteiger partial charge < -0.3 is 9.30 Å². The third-order valence-electron chi connectivity index (χ3n) is 4.08. The summed E-state index contributed by atoms with van der Waals surface area (Å²) < 4.78 is 7.50. The summed E-state index contributed by atoms with van der Waals surface area (Å²) in [4.78, 5) is 17.0. The van der Waals surface area contributed by atoms with Crippen molar-refractivity contribution >= 4 is 17.0 Å². The van der Waals surface area contributed by atoms with Crippen LogP contribution in [0.1, 0.15) is 56.5 Å². The van der Waals surface area contributed by atoms with Crippen LogP contribution in [-0.4, -0.2) is 22.1 Å². The zero-order valence-electron chi connectivity index (χ0n) is 12.9. The van der Waals surface area contributed by atoms with Crippen LogP contribution in [0.15, 0.2) is 18.2 Å². The van der Waals surface area contributed by atoms with E-state index in [0.717, 1.165) is 16.9 Å². The zero-order chi connectivity index (χ0) is 15.0. The van der Waals surface area contributed by atoms with Crippen LogP contribution in [-0.2, 0) is 9.53 Å². The van der Waals surface area contributed by atoms with Gasteiger partial charge in [-0.2, -0.15) is 0 Å². The first-order chi connectivity index (χ1) is 10.2. The lowest BCUT2D eigenvalue weighted by Gasteiger charge is -2.15. The number of ether oxygens (including phenoxy) is 1. The Morgan fingerprint density at radius 3 is 2.81 bits per heavy atom. The molecule has 2 aromatic rings. The standard InChI is InChI=1S/C17H22N2O2/c1-4-13(17(20)21-5-2)16-18-14-10-11(3)6-9-15(14)19(16)12-7-8-12/h6,9-10,12-13H,4-5,7-8H2,1-3H3. The molecule has 1 unspecified atom stereocenters. The Bertz CT molecular complexity index is 671. The average Bonchev–Trinajstić information content (AvgIpc) is 3.22. The molecule has 0 aliphatic heterocycles. The highest BCUT2D eigenvalue weighted by Crippen LogP contribution is 2.41. The Balaban J connectivity index is 2.11. The molecule has 1 aliphatic carbocycles. The summed E-state index contributed by atoms with van der Waals surface area (Å²) >= 11 is 0. The Kier molecular flexibility index (Phi) is 3.70. The van der Waals surface area contributed by atoms with Crippen LogP contribution in [0.5, 0.6) is 0 Å². The number of carbonyl (C=O) groups excluding carboxylic acids is 1. The van der Waals surface area contributed by atoms with Crippen molar-refractivity contribution in [2.45, 2.75) is 52.0 Å². The molecule has 0 saturated heterocycles. The average molecular weight is 286 g/mol. The molecule has 112 valence electrons. The van der Waals surface area contributed by atoms with Gasteiger partial charge in [0.2, 0.25) is 0 Å². The zero-order valence-corrected chi connectivity index (χ0v) is 12.9. The van der Waals surface area contributed by atoms with Gasteiger partial charge in [-0.15, -0.1) is 0 Å².